The Bertz CT molecular complexity index is 916. The highest BCUT2D eigenvalue weighted by Gasteiger charge is 2.51. The van der Waals surface area contributed by atoms with Crippen molar-refractivity contribution < 1.29 is 19.4 Å². The lowest BCUT2D eigenvalue weighted by atomic mass is 9.84. The van der Waals surface area contributed by atoms with Gasteiger partial charge in [0.15, 0.2) is 0 Å². The molecule has 1 unspecified atom stereocenters. The number of hydrogen-bond donors (Lipinski definition) is 1. The van der Waals surface area contributed by atoms with Crippen LogP contribution in [0.1, 0.15) is 46.2 Å². The van der Waals surface area contributed by atoms with Crippen molar-refractivity contribution in [3.8, 4) is 0 Å². The van der Waals surface area contributed by atoms with Crippen molar-refractivity contribution in [2.75, 3.05) is 19.7 Å². The first-order chi connectivity index (χ1) is 14.9. The fourth-order valence-electron chi connectivity index (χ4n) is 5.16. The minimum Gasteiger partial charge on any atom is -0.483 e. The molecule has 5 rings (SSSR count). The van der Waals surface area contributed by atoms with Gasteiger partial charge in [-0.15, -0.1) is 21.5 Å². The van der Waals surface area contributed by atoms with Crippen LogP contribution in [0, 0.1) is 6.92 Å². The van der Waals surface area contributed by atoms with E-state index < -0.39 is 0 Å². The third-order valence-electron chi connectivity index (χ3n) is 6.33. The average molecular weight is 449 g/mol. The summed E-state index contributed by atoms with van der Waals surface area (Å²) < 4.78 is 8.16. The second-order valence-electron chi connectivity index (χ2n) is 8.47. The number of aromatic nitrogens is 4. The Morgan fingerprint density at radius 3 is 2.65 bits per heavy atom. The van der Waals surface area contributed by atoms with E-state index in [0.717, 1.165) is 29.4 Å². The average Bonchev–Trinajstić information content (AvgIpc) is 3.42. The van der Waals surface area contributed by atoms with Crippen molar-refractivity contribution in [1.29, 1.82) is 0 Å². The molecule has 2 aromatic heterocycles. The molecule has 0 saturated carbocycles. The van der Waals surface area contributed by atoms with Crippen molar-refractivity contribution in [2.45, 2.75) is 56.8 Å². The lowest BCUT2D eigenvalue weighted by Gasteiger charge is -2.50. The second kappa shape index (κ2) is 9.01. The van der Waals surface area contributed by atoms with E-state index in [9.17, 15) is 4.79 Å². The number of ether oxygens (including phenoxy) is 1. The normalized spacial score (nSPS) is 27.7. The quantitative estimate of drug-likeness (QED) is 0.700. The summed E-state index contributed by atoms with van der Waals surface area (Å²) in [6, 6.07) is 0.987. The summed E-state index contributed by atoms with van der Waals surface area (Å²) in [6.07, 6.45) is 7.82. The van der Waals surface area contributed by atoms with E-state index in [1.165, 1.54) is 12.8 Å². The number of fused-ring (bicyclic) bond motifs is 2. The van der Waals surface area contributed by atoms with E-state index in [1.807, 2.05) is 23.4 Å². The monoisotopic (exact) mass is 448 g/mol. The largest absolute Gasteiger partial charge is 0.483 e. The van der Waals surface area contributed by atoms with E-state index >= 15 is 0 Å². The molecule has 3 fully saturated rings. The van der Waals surface area contributed by atoms with Crippen LogP contribution in [-0.4, -0.2) is 84.4 Å². The zero-order valence-electron chi connectivity index (χ0n) is 17.8. The van der Waals surface area contributed by atoms with Crippen LogP contribution in [0.5, 0.6) is 0 Å². The molecule has 5 heterocycles. The van der Waals surface area contributed by atoms with Gasteiger partial charge in [0.1, 0.15) is 15.7 Å². The van der Waals surface area contributed by atoms with Gasteiger partial charge in [-0.2, -0.15) is 0 Å². The molecular formula is C20H28N6O4S. The van der Waals surface area contributed by atoms with Crippen molar-refractivity contribution in [2.24, 2.45) is 7.05 Å². The lowest BCUT2D eigenvalue weighted by molar-refractivity contribution is -0.143. The number of hydrogen-bond acceptors (Lipinski definition) is 8. The van der Waals surface area contributed by atoms with Crippen molar-refractivity contribution in [1.82, 2.24) is 29.5 Å². The zero-order valence-corrected chi connectivity index (χ0v) is 18.6. The molecule has 3 atom stereocenters. The van der Waals surface area contributed by atoms with Crippen molar-refractivity contribution in [3.05, 3.63) is 28.2 Å². The number of imidazole rings is 1. The number of amides is 1. The van der Waals surface area contributed by atoms with Gasteiger partial charge in [-0.1, -0.05) is 0 Å². The molecule has 1 amide bonds. The molecule has 3 saturated heterocycles. The summed E-state index contributed by atoms with van der Waals surface area (Å²) in [7, 11) is 1.89. The highest BCUT2D eigenvalue weighted by molar-refractivity contribution is 7.11. The number of aryl methyl sites for hydroxylation is 2. The van der Waals surface area contributed by atoms with Gasteiger partial charge in [-0.05, 0) is 32.6 Å². The molecular weight excluding hydrogens is 420 g/mol. The molecule has 0 aliphatic carbocycles. The van der Waals surface area contributed by atoms with Gasteiger partial charge in [0.25, 0.3) is 12.4 Å². The molecule has 10 nitrogen and oxygen atoms in total. The first-order valence-electron chi connectivity index (χ1n) is 10.5. The molecule has 3 aliphatic heterocycles. The van der Waals surface area contributed by atoms with E-state index in [-0.39, 0.29) is 18.0 Å². The molecule has 31 heavy (non-hydrogen) atoms. The van der Waals surface area contributed by atoms with Crippen LogP contribution < -0.4 is 0 Å². The standard InChI is InChI=1S/C19H26N6O2S.CH2O2/c1-13-21-22-17(28-13)10-25-14-3-4-15(25)8-19(7-14)11-24(5-6-27-19)18(26)16-9-23(2)12-20-16;2-1-3/h9,12,14-15H,3-8,10-11H2,1-2H3;1H,(H,2,3)/t14-,15+,19?;. The lowest BCUT2D eigenvalue weighted by Crippen LogP contribution is -2.60. The maximum Gasteiger partial charge on any atom is 0.290 e. The van der Waals surface area contributed by atoms with Gasteiger partial charge in [0.05, 0.1) is 31.6 Å². The van der Waals surface area contributed by atoms with Crippen LogP contribution in [0.2, 0.25) is 0 Å². The Morgan fingerprint density at radius 2 is 2.06 bits per heavy atom. The second-order valence-corrected chi connectivity index (χ2v) is 9.73. The Balaban J connectivity index is 0.000000730. The summed E-state index contributed by atoms with van der Waals surface area (Å²) in [4.78, 5) is 30.0. The van der Waals surface area contributed by atoms with E-state index in [0.29, 0.717) is 37.5 Å². The van der Waals surface area contributed by atoms with Gasteiger partial charge in [0.2, 0.25) is 0 Å². The van der Waals surface area contributed by atoms with Gasteiger partial charge in [0, 0.05) is 31.9 Å². The number of morpholine rings is 1. The number of carbonyl (C=O) groups excluding carboxylic acids is 1. The van der Waals surface area contributed by atoms with E-state index in [2.05, 4.69) is 20.1 Å². The summed E-state index contributed by atoms with van der Waals surface area (Å²) in [6.45, 7) is 4.55. The topological polar surface area (TPSA) is 114 Å². The zero-order chi connectivity index (χ0) is 22.0. The van der Waals surface area contributed by atoms with E-state index in [1.54, 1.807) is 23.9 Å². The van der Waals surface area contributed by atoms with Crippen molar-refractivity contribution in [3.63, 3.8) is 0 Å². The van der Waals surface area contributed by atoms with Gasteiger partial charge < -0.3 is 19.3 Å². The third-order valence-corrected chi connectivity index (χ3v) is 7.16. The highest BCUT2D eigenvalue weighted by Crippen LogP contribution is 2.44. The molecule has 11 heteroatoms. The number of piperidine rings is 1. The fraction of sp³-hybridized carbons (Fsp3) is 0.650. The van der Waals surface area contributed by atoms with Crippen molar-refractivity contribution >= 4 is 23.7 Å². The molecule has 3 aliphatic rings. The van der Waals surface area contributed by atoms with Crippen LogP contribution in [0.3, 0.4) is 0 Å². The molecule has 2 aromatic rings. The maximum absolute atomic E-state index is 12.9. The smallest absolute Gasteiger partial charge is 0.290 e. The Hall–Kier alpha value is -2.37. The minimum atomic E-state index is -0.250. The highest BCUT2D eigenvalue weighted by atomic mass is 32.1. The first kappa shape index (κ1) is 21.8. The van der Waals surface area contributed by atoms with Crippen LogP contribution in [-0.2, 0) is 23.1 Å². The third kappa shape index (κ3) is 4.63. The van der Waals surface area contributed by atoms with Crippen LogP contribution in [0.15, 0.2) is 12.5 Å². The van der Waals surface area contributed by atoms with Crippen LogP contribution in [0.4, 0.5) is 0 Å². The number of carboxylic acid groups (broad SMARTS) is 1. The fourth-order valence-corrected chi connectivity index (χ4v) is 5.88. The molecule has 1 N–H and O–H groups in total. The first-order valence-corrected chi connectivity index (χ1v) is 11.3. The Kier molecular flexibility index (Phi) is 6.35. The SMILES string of the molecule is Cc1nnc(CN2[C@@H]3CC[C@H]2CC2(C3)CN(C(=O)c3cn(C)cn3)CCO2)s1.O=CO. The number of nitrogens with zero attached hydrogens (tertiary/aromatic N) is 6. The van der Waals surface area contributed by atoms with Crippen LogP contribution in [0.25, 0.3) is 0 Å². The Morgan fingerprint density at radius 1 is 1.35 bits per heavy atom. The van der Waals surface area contributed by atoms with Gasteiger partial charge in [-0.25, -0.2) is 4.98 Å². The summed E-state index contributed by atoms with van der Waals surface area (Å²) >= 11 is 1.69. The maximum atomic E-state index is 12.9. The predicted octanol–water partition coefficient (Wildman–Crippen LogP) is 1.32. The summed E-state index contributed by atoms with van der Waals surface area (Å²) in [5.41, 5.74) is 0.300. The van der Waals surface area contributed by atoms with Gasteiger partial charge >= 0.3 is 0 Å². The minimum absolute atomic E-state index is 0.0161. The molecule has 0 radical (unpaired) electrons. The summed E-state index contributed by atoms with van der Waals surface area (Å²) in [5.74, 6) is 0.0161. The number of carbonyl (C=O) groups is 2. The summed E-state index contributed by atoms with van der Waals surface area (Å²) in [5, 5.41) is 17.5. The molecule has 0 aromatic carbocycles. The number of rotatable bonds is 3. The van der Waals surface area contributed by atoms with E-state index in [4.69, 9.17) is 14.6 Å². The molecule has 2 bridgehead atoms. The predicted molar refractivity (Wildman–Crippen MR) is 113 cm³/mol. The molecule has 168 valence electrons. The Labute approximate surface area is 184 Å². The van der Waals surface area contributed by atoms with Crippen LogP contribution >= 0.6 is 11.3 Å². The molecule has 1 spiro atoms. The van der Waals surface area contributed by atoms with Gasteiger partial charge in [-0.3, -0.25) is 14.5 Å².